The molecule has 1 aromatic heterocycles. The molecule has 1 saturated heterocycles. The van der Waals surface area contributed by atoms with E-state index in [4.69, 9.17) is 4.74 Å². The molecule has 1 aliphatic heterocycles. The summed E-state index contributed by atoms with van der Waals surface area (Å²) in [7, 11) is 1.83. The van der Waals surface area contributed by atoms with Gasteiger partial charge in [0.05, 0.1) is 17.9 Å². The molecule has 0 bridgehead atoms. The van der Waals surface area contributed by atoms with Gasteiger partial charge in [0.2, 0.25) is 0 Å². The number of benzene rings is 2. The number of guanidine groups is 1. The Morgan fingerprint density at radius 2 is 1.70 bits per heavy atom. The summed E-state index contributed by atoms with van der Waals surface area (Å²) in [6.07, 6.45) is 4.21. The van der Waals surface area contributed by atoms with Crippen LogP contribution in [0.4, 0.5) is 0 Å². The molecule has 0 saturated carbocycles. The van der Waals surface area contributed by atoms with Gasteiger partial charge in [-0.1, -0.05) is 36.4 Å². The molecule has 7 heteroatoms. The van der Waals surface area contributed by atoms with Gasteiger partial charge < -0.3 is 15.0 Å². The van der Waals surface area contributed by atoms with Crippen LogP contribution in [-0.4, -0.2) is 46.9 Å². The number of hydrogen-bond acceptors (Lipinski definition) is 3. The quantitative estimate of drug-likeness (QED) is 0.315. The number of rotatable bonds is 5. The van der Waals surface area contributed by atoms with E-state index in [0.29, 0.717) is 6.54 Å². The third-order valence-corrected chi connectivity index (χ3v) is 5.09. The molecule has 1 N–H and O–H groups in total. The second kappa shape index (κ2) is 11.0. The van der Waals surface area contributed by atoms with E-state index in [1.54, 1.807) is 0 Å². The van der Waals surface area contributed by atoms with Crippen LogP contribution in [0.1, 0.15) is 18.5 Å². The summed E-state index contributed by atoms with van der Waals surface area (Å²) < 4.78 is 7.99. The van der Waals surface area contributed by atoms with Crippen LogP contribution in [0.2, 0.25) is 0 Å². The number of para-hydroxylation sites is 2. The Kier molecular flexibility index (Phi) is 8.12. The molecule has 2 heterocycles. The van der Waals surface area contributed by atoms with Crippen molar-refractivity contribution in [2.24, 2.45) is 4.99 Å². The van der Waals surface area contributed by atoms with Gasteiger partial charge in [0.15, 0.2) is 5.96 Å². The normalized spacial score (nSPS) is 14.8. The van der Waals surface area contributed by atoms with Gasteiger partial charge in [-0.25, -0.2) is 4.68 Å². The fraction of sp³-hybridized carbons (Fsp3) is 0.304. The van der Waals surface area contributed by atoms with Crippen molar-refractivity contribution < 1.29 is 4.74 Å². The van der Waals surface area contributed by atoms with Gasteiger partial charge in [-0.05, 0) is 30.3 Å². The first-order chi connectivity index (χ1) is 14.3. The van der Waals surface area contributed by atoms with Crippen molar-refractivity contribution in [1.82, 2.24) is 20.0 Å². The van der Waals surface area contributed by atoms with Crippen LogP contribution < -0.4 is 10.1 Å². The Morgan fingerprint density at radius 1 is 1.03 bits per heavy atom. The van der Waals surface area contributed by atoms with E-state index in [9.17, 15) is 0 Å². The van der Waals surface area contributed by atoms with Crippen LogP contribution in [0.15, 0.2) is 77.9 Å². The van der Waals surface area contributed by atoms with E-state index in [1.807, 2.05) is 84.7 Å². The summed E-state index contributed by atoms with van der Waals surface area (Å²) in [5.74, 6) is 1.86. The van der Waals surface area contributed by atoms with Crippen molar-refractivity contribution >= 4 is 29.9 Å². The number of aliphatic imine (C=N–C) groups is 1. The zero-order valence-electron chi connectivity index (χ0n) is 17.1. The Hall–Kier alpha value is -2.55. The van der Waals surface area contributed by atoms with Gasteiger partial charge in [0, 0.05) is 39.2 Å². The van der Waals surface area contributed by atoms with Gasteiger partial charge in [-0.2, -0.15) is 5.10 Å². The van der Waals surface area contributed by atoms with Crippen LogP contribution in [-0.2, 0) is 6.54 Å². The molecular weight excluding hydrogens is 489 g/mol. The highest BCUT2D eigenvalue weighted by atomic mass is 127. The average Bonchev–Trinajstić information content (AvgIpc) is 3.26. The number of aromatic nitrogens is 2. The van der Waals surface area contributed by atoms with Crippen molar-refractivity contribution in [2.75, 3.05) is 20.1 Å². The van der Waals surface area contributed by atoms with Gasteiger partial charge in [-0.15, -0.1) is 24.0 Å². The Bertz CT molecular complexity index is 921. The predicted octanol–water partition coefficient (Wildman–Crippen LogP) is 4.11. The van der Waals surface area contributed by atoms with Crippen molar-refractivity contribution in [3.8, 4) is 11.4 Å². The maximum atomic E-state index is 6.09. The summed E-state index contributed by atoms with van der Waals surface area (Å²) in [5.41, 5.74) is 2.04. The third-order valence-electron chi connectivity index (χ3n) is 5.09. The predicted molar refractivity (Wildman–Crippen MR) is 131 cm³/mol. The molecule has 30 heavy (non-hydrogen) atoms. The number of hydrogen-bond donors (Lipinski definition) is 1. The lowest BCUT2D eigenvalue weighted by molar-refractivity contribution is 0.129. The molecule has 0 unspecified atom stereocenters. The van der Waals surface area contributed by atoms with E-state index in [2.05, 4.69) is 20.3 Å². The number of ether oxygens (including phenoxy) is 1. The number of likely N-dealkylation sites (tertiary alicyclic amines) is 1. The van der Waals surface area contributed by atoms with E-state index >= 15 is 0 Å². The molecule has 2 aromatic carbocycles. The Morgan fingerprint density at radius 3 is 2.37 bits per heavy atom. The molecule has 0 radical (unpaired) electrons. The molecule has 1 aliphatic rings. The molecule has 0 aliphatic carbocycles. The number of nitrogens with one attached hydrogen (secondary N) is 1. The highest BCUT2D eigenvalue weighted by molar-refractivity contribution is 14.0. The largest absolute Gasteiger partial charge is 0.490 e. The van der Waals surface area contributed by atoms with Crippen molar-refractivity contribution in [3.63, 3.8) is 0 Å². The maximum Gasteiger partial charge on any atom is 0.193 e. The summed E-state index contributed by atoms with van der Waals surface area (Å²) >= 11 is 0. The molecular formula is C23H28IN5O. The fourth-order valence-electron chi connectivity index (χ4n) is 3.56. The number of nitrogens with zero attached hydrogens (tertiary/aromatic N) is 4. The minimum absolute atomic E-state index is 0. The smallest absolute Gasteiger partial charge is 0.193 e. The van der Waals surface area contributed by atoms with E-state index in [0.717, 1.165) is 49.0 Å². The summed E-state index contributed by atoms with van der Waals surface area (Å²) in [4.78, 5) is 6.75. The van der Waals surface area contributed by atoms with Gasteiger partial charge in [0.25, 0.3) is 0 Å². The SMILES string of the molecule is CN=C(NCc1ccn(-c2ccccc2)n1)N1CCC(Oc2ccccc2)CC1.I. The molecule has 1 fully saturated rings. The van der Waals surface area contributed by atoms with E-state index < -0.39 is 0 Å². The minimum atomic E-state index is 0. The van der Waals surface area contributed by atoms with Gasteiger partial charge in [-0.3, -0.25) is 4.99 Å². The zero-order valence-corrected chi connectivity index (χ0v) is 19.5. The van der Waals surface area contributed by atoms with Crippen LogP contribution >= 0.6 is 24.0 Å². The molecule has 6 nitrogen and oxygen atoms in total. The van der Waals surface area contributed by atoms with Crippen molar-refractivity contribution in [1.29, 1.82) is 0 Å². The molecule has 0 amide bonds. The monoisotopic (exact) mass is 517 g/mol. The van der Waals surface area contributed by atoms with Gasteiger partial charge >= 0.3 is 0 Å². The maximum absolute atomic E-state index is 6.09. The highest BCUT2D eigenvalue weighted by Crippen LogP contribution is 2.18. The Labute approximate surface area is 195 Å². The van der Waals surface area contributed by atoms with Crippen molar-refractivity contribution in [2.45, 2.75) is 25.5 Å². The standard InChI is InChI=1S/C23H27N5O.HI/c1-24-23(25-18-19-12-17-28(26-19)20-8-4-2-5-9-20)27-15-13-22(14-16-27)29-21-10-6-3-7-11-21;/h2-12,17,22H,13-16,18H2,1H3,(H,24,25);1H. The summed E-state index contributed by atoms with van der Waals surface area (Å²) in [6.45, 7) is 2.50. The lowest BCUT2D eigenvalue weighted by Gasteiger charge is -2.34. The van der Waals surface area contributed by atoms with Crippen molar-refractivity contribution in [3.05, 3.63) is 78.6 Å². The van der Waals surface area contributed by atoms with Gasteiger partial charge in [0.1, 0.15) is 11.9 Å². The lowest BCUT2D eigenvalue weighted by atomic mass is 10.1. The zero-order chi connectivity index (χ0) is 19.9. The molecule has 3 aromatic rings. The third kappa shape index (κ3) is 5.75. The second-order valence-corrected chi connectivity index (χ2v) is 7.11. The second-order valence-electron chi connectivity index (χ2n) is 7.11. The molecule has 158 valence electrons. The molecule has 0 atom stereocenters. The van der Waals surface area contributed by atoms with Crippen LogP contribution in [0.3, 0.4) is 0 Å². The first-order valence-electron chi connectivity index (χ1n) is 10.1. The van der Waals surface area contributed by atoms with E-state index in [-0.39, 0.29) is 30.1 Å². The highest BCUT2D eigenvalue weighted by Gasteiger charge is 2.22. The minimum Gasteiger partial charge on any atom is -0.490 e. The van der Waals surface area contributed by atoms with E-state index in [1.165, 1.54) is 0 Å². The van der Waals surface area contributed by atoms with Crippen LogP contribution in [0.5, 0.6) is 5.75 Å². The summed E-state index contributed by atoms with van der Waals surface area (Å²) in [6, 6.07) is 22.2. The first-order valence-corrected chi connectivity index (χ1v) is 10.1. The fourth-order valence-corrected chi connectivity index (χ4v) is 3.56. The molecule has 4 rings (SSSR count). The number of piperidine rings is 1. The topological polar surface area (TPSA) is 54.7 Å². The summed E-state index contributed by atoms with van der Waals surface area (Å²) in [5, 5.41) is 8.10. The number of halogens is 1. The lowest BCUT2D eigenvalue weighted by Crippen LogP contribution is -2.47. The molecule has 0 spiro atoms. The van der Waals surface area contributed by atoms with Crippen LogP contribution in [0, 0.1) is 0 Å². The Balaban J connectivity index is 0.00000256. The van der Waals surface area contributed by atoms with Crippen LogP contribution in [0.25, 0.3) is 5.69 Å². The first kappa shape index (κ1) is 22.1. The average molecular weight is 517 g/mol.